The average molecular weight is 548 g/mol. The maximum Gasteiger partial charge on any atom is 0.254 e. The maximum absolute atomic E-state index is 13.1. The highest BCUT2D eigenvalue weighted by Crippen LogP contribution is 2.34. The lowest BCUT2D eigenvalue weighted by atomic mass is 9.85. The van der Waals surface area contributed by atoms with Crippen molar-refractivity contribution in [3.8, 4) is 45.9 Å². The second-order valence-corrected chi connectivity index (χ2v) is 10.1. The van der Waals surface area contributed by atoms with Crippen molar-refractivity contribution >= 4 is 17.7 Å². The van der Waals surface area contributed by atoms with Crippen LogP contribution in [0.5, 0.6) is 11.5 Å². The number of nitrogens with zero attached hydrogens (tertiary/aromatic N) is 4. The van der Waals surface area contributed by atoms with Crippen molar-refractivity contribution in [2.24, 2.45) is 12.5 Å². The number of hydrogen-bond donors (Lipinski definition) is 2. The van der Waals surface area contributed by atoms with Crippen molar-refractivity contribution < 1.29 is 24.2 Å². The predicted octanol–water partition coefficient (Wildman–Crippen LogP) is 2.90. The van der Waals surface area contributed by atoms with Crippen LogP contribution in [0.4, 0.5) is 0 Å². The molecule has 204 valence electrons. The molecule has 2 N–H and O–H groups in total. The van der Waals surface area contributed by atoms with Gasteiger partial charge in [-0.15, -0.1) is 0 Å². The molecule has 10 nitrogen and oxygen atoms in total. The number of rotatable bonds is 5. The number of aromatic nitrogens is 3. The Hall–Kier alpha value is -5.43. The number of amides is 3. The van der Waals surface area contributed by atoms with Crippen LogP contribution in [0.25, 0.3) is 22.5 Å². The SMILES string of the molecule is COc1ccc2c(c1)C(=O)N(C[C@@]1(C#Cc3ccc(-c4nc(-c5cnn(C)c5)ccc4O)cc3)CC(=O)NC1=O)C2. The van der Waals surface area contributed by atoms with Gasteiger partial charge in [0.15, 0.2) is 0 Å². The summed E-state index contributed by atoms with van der Waals surface area (Å²) in [6.07, 6.45) is 3.40. The Kier molecular flexibility index (Phi) is 6.27. The van der Waals surface area contributed by atoms with E-state index in [0.29, 0.717) is 40.4 Å². The third-order valence-corrected chi connectivity index (χ3v) is 7.29. The standard InChI is InChI=1S/C31H25N5O5/c1-35-16-22(15-32-35)25-9-10-26(37)28(33-25)20-5-3-19(4-6-20)11-12-31(14-27(38)34-30(31)40)18-36-17-21-7-8-23(41-2)13-24(21)29(36)39/h3-10,13,15-16,37H,14,17-18H2,1-2H3,(H,34,38,40)/t31-/m1/s1. The molecule has 0 saturated carbocycles. The molecule has 1 atom stereocenters. The summed E-state index contributed by atoms with van der Waals surface area (Å²) in [7, 11) is 3.35. The molecule has 1 saturated heterocycles. The van der Waals surface area contributed by atoms with Crippen LogP contribution in [0.15, 0.2) is 67.0 Å². The van der Waals surface area contributed by atoms with Gasteiger partial charge in [0.1, 0.15) is 22.6 Å². The van der Waals surface area contributed by atoms with Crippen molar-refractivity contribution in [1.82, 2.24) is 25.0 Å². The first-order valence-electron chi connectivity index (χ1n) is 12.9. The number of fused-ring (bicyclic) bond motifs is 1. The highest BCUT2D eigenvalue weighted by atomic mass is 16.5. The van der Waals surface area contributed by atoms with E-state index in [1.165, 1.54) is 7.11 Å². The number of carbonyl (C=O) groups is 3. The lowest BCUT2D eigenvalue weighted by molar-refractivity contribution is -0.127. The van der Waals surface area contributed by atoms with Gasteiger partial charge in [0, 0.05) is 48.6 Å². The van der Waals surface area contributed by atoms with Crippen LogP contribution in [-0.4, -0.2) is 56.1 Å². The van der Waals surface area contributed by atoms with Crippen molar-refractivity contribution in [2.75, 3.05) is 13.7 Å². The van der Waals surface area contributed by atoms with E-state index in [4.69, 9.17) is 4.74 Å². The number of aryl methyl sites for hydroxylation is 1. The quantitative estimate of drug-likeness (QED) is 0.291. The van der Waals surface area contributed by atoms with Gasteiger partial charge >= 0.3 is 0 Å². The summed E-state index contributed by atoms with van der Waals surface area (Å²) >= 11 is 0. The zero-order valence-electron chi connectivity index (χ0n) is 22.3. The minimum atomic E-state index is -1.38. The van der Waals surface area contributed by atoms with Gasteiger partial charge in [0.2, 0.25) is 11.8 Å². The number of nitrogens with one attached hydrogen (secondary N) is 1. The van der Waals surface area contributed by atoms with Crippen molar-refractivity contribution in [3.63, 3.8) is 0 Å². The molecule has 4 heterocycles. The van der Waals surface area contributed by atoms with E-state index >= 15 is 0 Å². The van der Waals surface area contributed by atoms with E-state index in [9.17, 15) is 19.5 Å². The molecule has 2 aromatic heterocycles. The van der Waals surface area contributed by atoms with Gasteiger partial charge in [-0.25, -0.2) is 4.98 Å². The first kappa shape index (κ1) is 25.8. The fraction of sp³-hybridized carbons (Fsp3) is 0.194. The molecule has 41 heavy (non-hydrogen) atoms. The zero-order chi connectivity index (χ0) is 28.7. The Labute approximate surface area is 235 Å². The van der Waals surface area contributed by atoms with E-state index in [2.05, 4.69) is 27.2 Å². The number of benzene rings is 2. The summed E-state index contributed by atoms with van der Waals surface area (Å²) in [6, 6.07) is 15.7. The van der Waals surface area contributed by atoms with E-state index in [1.807, 2.05) is 19.3 Å². The van der Waals surface area contributed by atoms with Gasteiger partial charge in [-0.1, -0.05) is 30.0 Å². The number of carbonyl (C=O) groups excluding carboxylic acids is 3. The number of hydrogen-bond acceptors (Lipinski definition) is 7. The third-order valence-electron chi connectivity index (χ3n) is 7.29. The summed E-state index contributed by atoms with van der Waals surface area (Å²) in [5.41, 5.74) is 3.14. The van der Waals surface area contributed by atoms with Gasteiger partial charge in [-0.2, -0.15) is 5.10 Å². The average Bonchev–Trinajstić information content (AvgIpc) is 3.62. The molecule has 0 aliphatic carbocycles. The van der Waals surface area contributed by atoms with Gasteiger partial charge in [-0.05, 0) is 42.0 Å². The van der Waals surface area contributed by atoms with Crippen LogP contribution in [0.1, 0.15) is 27.9 Å². The highest BCUT2D eigenvalue weighted by molar-refractivity contribution is 6.08. The first-order valence-corrected chi connectivity index (χ1v) is 12.9. The summed E-state index contributed by atoms with van der Waals surface area (Å²) in [4.78, 5) is 44.5. The number of ether oxygens (including phenoxy) is 1. The van der Waals surface area contributed by atoms with Crippen LogP contribution in [0.3, 0.4) is 0 Å². The van der Waals surface area contributed by atoms with E-state index < -0.39 is 17.2 Å². The molecule has 2 aliphatic rings. The molecular formula is C31H25N5O5. The number of methoxy groups -OCH3 is 1. The Morgan fingerprint density at radius 1 is 1.07 bits per heavy atom. The minimum absolute atomic E-state index is 0.0234. The summed E-state index contributed by atoms with van der Waals surface area (Å²) < 4.78 is 6.92. The molecule has 1 fully saturated rings. The molecule has 6 rings (SSSR count). The summed E-state index contributed by atoms with van der Waals surface area (Å²) in [5, 5.41) is 17.0. The molecule has 0 unspecified atom stereocenters. The molecule has 2 aliphatic heterocycles. The largest absolute Gasteiger partial charge is 0.506 e. The molecule has 4 aromatic rings. The van der Waals surface area contributed by atoms with E-state index in [-0.39, 0.29) is 24.6 Å². The van der Waals surface area contributed by atoms with Crippen LogP contribution in [0, 0.1) is 17.3 Å². The predicted molar refractivity (Wildman–Crippen MR) is 148 cm³/mol. The molecule has 2 aromatic carbocycles. The van der Waals surface area contributed by atoms with Crippen LogP contribution < -0.4 is 10.1 Å². The van der Waals surface area contributed by atoms with E-state index in [1.54, 1.807) is 64.3 Å². The Balaban J connectivity index is 1.26. The normalized spacial score (nSPS) is 17.7. The molecular weight excluding hydrogens is 522 g/mol. The first-order chi connectivity index (χ1) is 19.7. The fourth-order valence-corrected chi connectivity index (χ4v) is 5.12. The Morgan fingerprint density at radius 3 is 2.56 bits per heavy atom. The molecule has 3 amide bonds. The van der Waals surface area contributed by atoms with Gasteiger partial charge in [0.25, 0.3) is 5.91 Å². The number of imide groups is 1. The monoisotopic (exact) mass is 547 g/mol. The highest BCUT2D eigenvalue weighted by Gasteiger charge is 2.48. The fourth-order valence-electron chi connectivity index (χ4n) is 5.12. The lowest BCUT2D eigenvalue weighted by Crippen LogP contribution is -2.42. The van der Waals surface area contributed by atoms with Gasteiger partial charge in [-0.3, -0.25) is 24.4 Å². The van der Waals surface area contributed by atoms with Gasteiger partial charge in [0.05, 0.1) is 25.4 Å². The molecule has 0 spiro atoms. The van der Waals surface area contributed by atoms with E-state index in [0.717, 1.165) is 11.1 Å². The van der Waals surface area contributed by atoms with Crippen molar-refractivity contribution in [1.29, 1.82) is 0 Å². The number of aromatic hydroxyl groups is 1. The third kappa shape index (κ3) is 4.78. The second kappa shape index (κ2) is 9.95. The maximum atomic E-state index is 13.1. The summed E-state index contributed by atoms with van der Waals surface area (Å²) in [6.45, 7) is 0.288. The Morgan fingerprint density at radius 2 is 1.88 bits per heavy atom. The van der Waals surface area contributed by atoms with Gasteiger partial charge < -0.3 is 14.7 Å². The van der Waals surface area contributed by atoms with Crippen LogP contribution >= 0.6 is 0 Å². The number of pyridine rings is 1. The lowest BCUT2D eigenvalue weighted by Gasteiger charge is -2.25. The molecule has 0 bridgehead atoms. The zero-order valence-corrected chi connectivity index (χ0v) is 22.3. The molecule has 0 radical (unpaired) electrons. The smallest absolute Gasteiger partial charge is 0.254 e. The van der Waals surface area contributed by atoms with Crippen LogP contribution in [-0.2, 0) is 23.2 Å². The summed E-state index contributed by atoms with van der Waals surface area (Å²) in [5.74, 6) is 5.45. The van der Waals surface area contributed by atoms with Crippen molar-refractivity contribution in [2.45, 2.75) is 13.0 Å². The van der Waals surface area contributed by atoms with Crippen molar-refractivity contribution in [3.05, 3.63) is 83.7 Å². The molecule has 10 heteroatoms. The Bertz CT molecular complexity index is 1780. The minimum Gasteiger partial charge on any atom is -0.506 e. The topological polar surface area (TPSA) is 127 Å². The van der Waals surface area contributed by atoms with Crippen LogP contribution in [0.2, 0.25) is 0 Å². The second-order valence-electron chi connectivity index (χ2n) is 10.1.